The highest BCUT2D eigenvalue weighted by Crippen LogP contribution is 2.21. The molecule has 13 heavy (non-hydrogen) atoms. The van der Waals surface area contributed by atoms with Crippen molar-refractivity contribution in [3.8, 4) is 0 Å². The van der Waals surface area contributed by atoms with Crippen LogP contribution in [0.5, 0.6) is 0 Å². The van der Waals surface area contributed by atoms with Gasteiger partial charge in [0.25, 0.3) is 0 Å². The molecule has 2 rings (SSSR count). The van der Waals surface area contributed by atoms with E-state index in [9.17, 15) is 0 Å². The lowest BCUT2D eigenvalue weighted by molar-refractivity contribution is 0.153. The number of likely N-dealkylation sites (N-methyl/N-ethyl adjacent to an activating group) is 1. The molecule has 2 heteroatoms. The average Bonchev–Trinajstić information content (AvgIpc) is 2.99. The second kappa shape index (κ2) is 4.43. The van der Waals surface area contributed by atoms with Gasteiger partial charge in [0.05, 0.1) is 0 Å². The average molecular weight is 182 g/mol. The van der Waals surface area contributed by atoms with Crippen molar-refractivity contribution >= 4 is 0 Å². The Morgan fingerprint density at radius 1 is 1.23 bits per heavy atom. The number of rotatable bonds is 4. The highest BCUT2D eigenvalue weighted by atomic mass is 15.2. The quantitative estimate of drug-likeness (QED) is 0.710. The molecule has 1 saturated heterocycles. The lowest BCUT2D eigenvalue weighted by atomic mass is 10.0. The van der Waals surface area contributed by atoms with Gasteiger partial charge in [0, 0.05) is 18.6 Å². The van der Waals surface area contributed by atoms with Crippen LogP contribution < -0.4 is 5.32 Å². The van der Waals surface area contributed by atoms with Crippen molar-refractivity contribution in [2.75, 3.05) is 19.6 Å². The molecule has 0 radical (unpaired) electrons. The second-order valence-corrected chi connectivity index (χ2v) is 4.46. The Labute approximate surface area is 81.7 Å². The molecular weight excluding hydrogens is 160 g/mol. The van der Waals surface area contributed by atoms with Crippen LogP contribution in [0, 0.1) is 0 Å². The summed E-state index contributed by atoms with van der Waals surface area (Å²) in [5, 5.41) is 3.65. The van der Waals surface area contributed by atoms with Crippen molar-refractivity contribution in [2.45, 2.75) is 51.1 Å². The maximum absolute atomic E-state index is 3.65. The summed E-state index contributed by atoms with van der Waals surface area (Å²) in [7, 11) is 0. The van der Waals surface area contributed by atoms with Gasteiger partial charge in [0.1, 0.15) is 0 Å². The van der Waals surface area contributed by atoms with Crippen molar-refractivity contribution < 1.29 is 0 Å². The fraction of sp³-hybridized carbons (Fsp3) is 1.00. The first-order chi connectivity index (χ1) is 6.40. The molecule has 0 aromatic heterocycles. The van der Waals surface area contributed by atoms with Crippen LogP contribution in [-0.4, -0.2) is 36.6 Å². The van der Waals surface area contributed by atoms with Crippen LogP contribution in [0.25, 0.3) is 0 Å². The standard InChI is InChI=1S/C11H22N2/c1-2-13-8-4-3-5-11(13)9-12-10-6-7-10/h10-12H,2-9H2,1H3. The van der Waals surface area contributed by atoms with Crippen LogP contribution in [0.4, 0.5) is 0 Å². The molecule has 76 valence electrons. The van der Waals surface area contributed by atoms with Gasteiger partial charge in [-0.1, -0.05) is 13.3 Å². The van der Waals surface area contributed by atoms with E-state index in [1.165, 1.54) is 51.7 Å². The van der Waals surface area contributed by atoms with Crippen molar-refractivity contribution in [2.24, 2.45) is 0 Å². The van der Waals surface area contributed by atoms with E-state index in [4.69, 9.17) is 0 Å². The summed E-state index contributed by atoms with van der Waals surface area (Å²) in [5.41, 5.74) is 0. The Hall–Kier alpha value is -0.0800. The molecule has 1 atom stereocenters. The van der Waals surface area contributed by atoms with Gasteiger partial charge in [0.15, 0.2) is 0 Å². The predicted molar refractivity (Wildman–Crippen MR) is 55.9 cm³/mol. The topological polar surface area (TPSA) is 15.3 Å². The summed E-state index contributed by atoms with van der Waals surface area (Å²) in [4.78, 5) is 2.64. The maximum atomic E-state index is 3.65. The molecule has 0 bridgehead atoms. The Kier molecular flexibility index (Phi) is 3.23. The Bertz CT molecular complexity index is 154. The summed E-state index contributed by atoms with van der Waals surface area (Å²) in [6, 6.07) is 1.71. The third-order valence-corrected chi connectivity index (χ3v) is 3.37. The fourth-order valence-corrected chi connectivity index (χ4v) is 2.30. The van der Waals surface area contributed by atoms with Gasteiger partial charge in [-0.05, 0) is 38.8 Å². The summed E-state index contributed by atoms with van der Waals surface area (Å²) in [6.07, 6.45) is 7.09. The highest BCUT2D eigenvalue weighted by molar-refractivity contribution is 4.85. The third kappa shape index (κ3) is 2.68. The van der Waals surface area contributed by atoms with E-state index in [-0.39, 0.29) is 0 Å². The molecule has 2 nitrogen and oxygen atoms in total. The smallest absolute Gasteiger partial charge is 0.0220 e. The lowest BCUT2D eigenvalue weighted by Crippen LogP contribution is -2.45. The second-order valence-electron chi connectivity index (χ2n) is 4.46. The molecule has 1 aliphatic heterocycles. The van der Waals surface area contributed by atoms with Gasteiger partial charge in [-0.25, -0.2) is 0 Å². The molecule has 0 spiro atoms. The number of nitrogens with zero attached hydrogens (tertiary/aromatic N) is 1. The van der Waals surface area contributed by atoms with Crippen LogP contribution in [0.3, 0.4) is 0 Å². The van der Waals surface area contributed by atoms with Crippen molar-refractivity contribution in [1.82, 2.24) is 10.2 Å². The molecule has 2 fully saturated rings. The van der Waals surface area contributed by atoms with Crippen LogP contribution >= 0.6 is 0 Å². The van der Waals surface area contributed by atoms with Gasteiger partial charge in [-0.15, -0.1) is 0 Å². The maximum Gasteiger partial charge on any atom is 0.0220 e. The van der Waals surface area contributed by atoms with E-state index in [1.54, 1.807) is 0 Å². The zero-order valence-corrected chi connectivity index (χ0v) is 8.76. The van der Waals surface area contributed by atoms with E-state index in [0.717, 1.165) is 12.1 Å². The molecule has 1 unspecified atom stereocenters. The van der Waals surface area contributed by atoms with E-state index in [2.05, 4.69) is 17.1 Å². The molecule has 1 saturated carbocycles. The first kappa shape index (κ1) is 9.47. The van der Waals surface area contributed by atoms with Crippen LogP contribution in [0.2, 0.25) is 0 Å². The lowest BCUT2D eigenvalue weighted by Gasteiger charge is -2.35. The van der Waals surface area contributed by atoms with E-state index >= 15 is 0 Å². The van der Waals surface area contributed by atoms with Crippen LogP contribution in [0.15, 0.2) is 0 Å². The number of nitrogens with one attached hydrogen (secondary N) is 1. The van der Waals surface area contributed by atoms with E-state index in [1.807, 2.05) is 0 Å². The van der Waals surface area contributed by atoms with Crippen molar-refractivity contribution in [3.63, 3.8) is 0 Å². The summed E-state index contributed by atoms with van der Waals surface area (Å²) in [5.74, 6) is 0. The molecule has 1 heterocycles. The third-order valence-electron chi connectivity index (χ3n) is 3.37. The minimum absolute atomic E-state index is 0.833. The minimum atomic E-state index is 0.833. The molecule has 0 amide bonds. The minimum Gasteiger partial charge on any atom is -0.312 e. The van der Waals surface area contributed by atoms with E-state index < -0.39 is 0 Å². The van der Waals surface area contributed by atoms with Gasteiger partial charge in [-0.3, -0.25) is 4.90 Å². The zero-order valence-electron chi connectivity index (χ0n) is 8.76. The number of likely N-dealkylation sites (tertiary alicyclic amines) is 1. The Balaban J connectivity index is 1.72. The SMILES string of the molecule is CCN1CCCCC1CNC1CC1. The van der Waals surface area contributed by atoms with Gasteiger partial charge < -0.3 is 5.32 Å². The van der Waals surface area contributed by atoms with Crippen molar-refractivity contribution in [3.05, 3.63) is 0 Å². The van der Waals surface area contributed by atoms with E-state index in [0.29, 0.717) is 0 Å². The Morgan fingerprint density at radius 2 is 2.08 bits per heavy atom. The monoisotopic (exact) mass is 182 g/mol. The number of hydrogen-bond donors (Lipinski definition) is 1. The molecule has 1 N–H and O–H groups in total. The van der Waals surface area contributed by atoms with Crippen LogP contribution in [-0.2, 0) is 0 Å². The van der Waals surface area contributed by atoms with Crippen LogP contribution in [0.1, 0.15) is 39.0 Å². The molecule has 0 aromatic rings. The summed E-state index contributed by atoms with van der Waals surface area (Å²) in [6.45, 7) is 6.08. The fourth-order valence-electron chi connectivity index (χ4n) is 2.30. The highest BCUT2D eigenvalue weighted by Gasteiger charge is 2.25. The van der Waals surface area contributed by atoms with Gasteiger partial charge in [0.2, 0.25) is 0 Å². The normalized spacial score (nSPS) is 30.7. The zero-order chi connectivity index (χ0) is 9.10. The largest absolute Gasteiger partial charge is 0.312 e. The first-order valence-electron chi connectivity index (χ1n) is 5.87. The first-order valence-corrected chi connectivity index (χ1v) is 5.87. The Morgan fingerprint density at radius 3 is 2.77 bits per heavy atom. The summed E-state index contributed by atoms with van der Waals surface area (Å²) < 4.78 is 0. The van der Waals surface area contributed by atoms with Gasteiger partial charge >= 0.3 is 0 Å². The molecule has 1 aliphatic carbocycles. The van der Waals surface area contributed by atoms with Gasteiger partial charge in [-0.2, -0.15) is 0 Å². The van der Waals surface area contributed by atoms with Crippen molar-refractivity contribution in [1.29, 1.82) is 0 Å². The summed E-state index contributed by atoms with van der Waals surface area (Å²) >= 11 is 0. The molecule has 0 aromatic carbocycles. The molecule has 2 aliphatic rings. The molecular formula is C11H22N2. The predicted octanol–water partition coefficient (Wildman–Crippen LogP) is 1.61. The number of hydrogen-bond acceptors (Lipinski definition) is 2. The number of piperidine rings is 1.